The largest absolute Gasteiger partial charge is 0.363 e. The van der Waals surface area contributed by atoms with E-state index in [0.29, 0.717) is 0 Å². The van der Waals surface area contributed by atoms with Crippen LogP contribution >= 0.6 is 11.3 Å². The Balaban J connectivity index is 2.27. The van der Waals surface area contributed by atoms with Crippen molar-refractivity contribution in [2.75, 3.05) is 26.0 Å². The van der Waals surface area contributed by atoms with Crippen molar-refractivity contribution in [3.63, 3.8) is 0 Å². The molecule has 0 saturated carbocycles. The molecule has 86 valence electrons. The smallest absolute Gasteiger partial charge is 0.205 e. The molecule has 4 nitrogen and oxygen atoms in total. The summed E-state index contributed by atoms with van der Waals surface area (Å²) in [7, 11) is 4.01. The minimum absolute atomic E-state index is 0.895. The van der Waals surface area contributed by atoms with Gasteiger partial charge in [0.15, 0.2) is 0 Å². The van der Waals surface area contributed by atoms with Gasteiger partial charge in [-0.3, -0.25) is 4.90 Å². The summed E-state index contributed by atoms with van der Waals surface area (Å²) < 4.78 is 0. The SMILES string of the molecule is CCCCCN(C)Cc1nnc(NC)s1. The number of nitrogens with zero attached hydrogens (tertiary/aromatic N) is 3. The van der Waals surface area contributed by atoms with Gasteiger partial charge in [-0.2, -0.15) is 0 Å². The average Bonchev–Trinajstić information content (AvgIpc) is 2.66. The van der Waals surface area contributed by atoms with Crippen LogP contribution in [-0.2, 0) is 6.54 Å². The molecule has 0 radical (unpaired) electrons. The van der Waals surface area contributed by atoms with Gasteiger partial charge in [-0.15, -0.1) is 10.2 Å². The van der Waals surface area contributed by atoms with Gasteiger partial charge in [-0.1, -0.05) is 31.1 Å². The zero-order valence-corrected chi connectivity index (χ0v) is 10.6. The van der Waals surface area contributed by atoms with Crippen molar-refractivity contribution in [3.8, 4) is 0 Å². The van der Waals surface area contributed by atoms with Crippen molar-refractivity contribution in [2.45, 2.75) is 32.7 Å². The van der Waals surface area contributed by atoms with E-state index >= 15 is 0 Å². The molecule has 5 heteroatoms. The van der Waals surface area contributed by atoms with E-state index in [9.17, 15) is 0 Å². The van der Waals surface area contributed by atoms with Crippen LogP contribution in [0.4, 0.5) is 5.13 Å². The molecule has 1 aromatic heterocycles. The molecule has 0 aliphatic rings. The van der Waals surface area contributed by atoms with Crippen molar-refractivity contribution in [1.29, 1.82) is 0 Å². The lowest BCUT2D eigenvalue weighted by Gasteiger charge is -2.13. The van der Waals surface area contributed by atoms with Crippen molar-refractivity contribution in [1.82, 2.24) is 15.1 Å². The Morgan fingerprint density at radius 1 is 1.33 bits per heavy atom. The van der Waals surface area contributed by atoms with Gasteiger partial charge in [0.05, 0.1) is 6.54 Å². The summed E-state index contributed by atoms with van der Waals surface area (Å²) >= 11 is 1.63. The van der Waals surface area contributed by atoms with Crippen molar-refractivity contribution in [2.24, 2.45) is 0 Å². The summed E-state index contributed by atoms with van der Waals surface area (Å²) in [6, 6.07) is 0. The first-order valence-corrected chi connectivity index (χ1v) is 6.26. The first kappa shape index (κ1) is 12.4. The molecular formula is C10H20N4S. The highest BCUT2D eigenvalue weighted by Gasteiger charge is 2.05. The van der Waals surface area contributed by atoms with E-state index < -0.39 is 0 Å². The zero-order chi connectivity index (χ0) is 11.1. The molecule has 0 aromatic carbocycles. The Kier molecular flexibility index (Phi) is 5.57. The number of hydrogen-bond acceptors (Lipinski definition) is 5. The molecule has 0 bridgehead atoms. The lowest BCUT2D eigenvalue weighted by Crippen LogP contribution is -2.18. The number of rotatable bonds is 7. The fourth-order valence-electron chi connectivity index (χ4n) is 1.36. The number of hydrogen-bond donors (Lipinski definition) is 1. The molecule has 1 aromatic rings. The molecule has 0 fully saturated rings. The predicted molar refractivity (Wildman–Crippen MR) is 65.3 cm³/mol. The molecule has 0 unspecified atom stereocenters. The van der Waals surface area contributed by atoms with E-state index in [1.807, 2.05) is 7.05 Å². The van der Waals surface area contributed by atoms with Gasteiger partial charge in [-0.05, 0) is 20.0 Å². The van der Waals surface area contributed by atoms with E-state index in [0.717, 1.165) is 23.2 Å². The second kappa shape index (κ2) is 6.74. The maximum absolute atomic E-state index is 4.12. The summed E-state index contributed by atoms with van der Waals surface area (Å²) in [5.74, 6) is 0. The third kappa shape index (κ3) is 4.57. The highest BCUT2D eigenvalue weighted by molar-refractivity contribution is 7.15. The Hall–Kier alpha value is -0.680. The van der Waals surface area contributed by atoms with E-state index in [4.69, 9.17) is 0 Å². The summed E-state index contributed by atoms with van der Waals surface area (Å²) in [6.45, 7) is 4.27. The molecule has 0 aliphatic carbocycles. The van der Waals surface area contributed by atoms with Gasteiger partial charge < -0.3 is 5.32 Å². The van der Waals surface area contributed by atoms with Crippen LogP contribution in [-0.4, -0.2) is 35.7 Å². The van der Waals surface area contributed by atoms with Crippen molar-refractivity contribution >= 4 is 16.5 Å². The van der Waals surface area contributed by atoms with E-state index in [2.05, 4.69) is 34.4 Å². The fourth-order valence-corrected chi connectivity index (χ4v) is 2.13. The van der Waals surface area contributed by atoms with Crippen LogP contribution in [0.15, 0.2) is 0 Å². The van der Waals surface area contributed by atoms with Crippen molar-refractivity contribution in [3.05, 3.63) is 5.01 Å². The zero-order valence-electron chi connectivity index (χ0n) is 9.79. The van der Waals surface area contributed by atoms with Crippen LogP contribution in [0.3, 0.4) is 0 Å². The predicted octanol–water partition coefficient (Wildman–Crippen LogP) is 2.20. The minimum Gasteiger partial charge on any atom is -0.363 e. The normalized spacial score (nSPS) is 10.9. The van der Waals surface area contributed by atoms with Gasteiger partial charge in [-0.25, -0.2) is 0 Å². The van der Waals surface area contributed by atoms with Gasteiger partial charge in [0.25, 0.3) is 0 Å². The quantitative estimate of drug-likeness (QED) is 0.726. The minimum atomic E-state index is 0.895. The molecule has 0 atom stereocenters. The van der Waals surface area contributed by atoms with Gasteiger partial charge in [0.1, 0.15) is 5.01 Å². The van der Waals surface area contributed by atoms with Crippen LogP contribution in [0.1, 0.15) is 31.2 Å². The first-order valence-electron chi connectivity index (χ1n) is 5.45. The molecule has 15 heavy (non-hydrogen) atoms. The summed E-state index contributed by atoms with van der Waals surface area (Å²) in [6.07, 6.45) is 3.85. The standard InChI is InChI=1S/C10H20N4S/c1-4-5-6-7-14(3)8-9-12-13-10(11-2)15-9/h4-8H2,1-3H3,(H,11,13). The highest BCUT2D eigenvalue weighted by Crippen LogP contribution is 2.15. The van der Waals surface area contributed by atoms with Crippen LogP contribution in [0.5, 0.6) is 0 Å². The van der Waals surface area contributed by atoms with Gasteiger partial charge in [0, 0.05) is 7.05 Å². The second-order valence-corrected chi connectivity index (χ2v) is 4.76. The Morgan fingerprint density at radius 2 is 2.13 bits per heavy atom. The lowest BCUT2D eigenvalue weighted by molar-refractivity contribution is 0.317. The molecule has 1 heterocycles. The molecule has 0 aliphatic heterocycles. The number of anilines is 1. The van der Waals surface area contributed by atoms with Crippen LogP contribution < -0.4 is 5.32 Å². The molecule has 1 rings (SSSR count). The average molecular weight is 228 g/mol. The Bertz CT molecular complexity index is 274. The number of aromatic nitrogens is 2. The van der Waals surface area contributed by atoms with E-state index in [-0.39, 0.29) is 0 Å². The highest BCUT2D eigenvalue weighted by atomic mass is 32.1. The van der Waals surface area contributed by atoms with Crippen LogP contribution in [0.25, 0.3) is 0 Å². The second-order valence-electron chi connectivity index (χ2n) is 3.70. The maximum atomic E-state index is 4.12. The first-order chi connectivity index (χ1) is 7.26. The van der Waals surface area contributed by atoms with Gasteiger partial charge in [0.2, 0.25) is 5.13 Å². The Morgan fingerprint density at radius 3 is 2.73 bits per heavy atom. The Labute approximate surface area is 95.7 Å². The molecule has 0 amide bonds. The molecule has 1 N–H and O–H groups in total. The third-order valence-corrected chi connectivity index (χ3v) is 3.15. The topological polar surface area (TPSA) is 41.1 Å². The number of unbranched alkanes of at least 4 members (excludes halogenated alkanes) is 2. The van der Waals surface area contributed by atoms with Crippen LogP contribution in [0, 0.1) is 0 Å². The number of nitrogens with one attached hydrogen (secondary N) is 1. The molecule has 0 spiro atoms. The molecule has 0 saturated heterocycles. The van der Waals surface area contributed by atoms with Crippen LogP contribution in [0.2, 0.25) is 0 Å². The van der Waals surface area contributed by atoms with E-state index in [1.165, 1.54) is 19.3 Å². The van der Waals surface area contributed by atoms with Crippen molar-refractivity contribution < 1.29 is 0 Å². The van der Waals surface area contributed by atoms with E-state index in [1.54, 1.807) is 11.3 Å². The maximum Gasteiger partial charge on any atom is 0.205 e. The summed E-state index contributed by atoms with van der Waals surface area (Å²) in [5.41, 5.74) is 0. The monoisotopic (exact) mass is 228 g/mol. The third-order valence-electron chi connectivity index (χ3n) is 2.23. The molecular weight excluding hydrogens is 208 g/mol. The van der Waals surface area contributed by atoms with Gasteiger partial charge >= 0.3 is 0 Å². The summed E-state index contributed by atoms with van der Waals surface area (Å²) in [5, 5.41) is 13.1. The summed E-state index contributed by atoms with van der Waals surface area (Å²) in [4.78, 5) is 2.30. The fraction of sp³-hybridized carbons (Fsp3) is 0.800. The lowest BCUT2D eigenvalue weighted by atomic mass is 10.2.